The van der Waals surface area contributed by atoms with E-state index < -0.39 is 16.0 Å². The van der Waals surface area contributed by atoms with Gasteiger partial charge in [-0.2, -0.15) is 0 Å². The summed E-state index contributed by atoms with van der Waals surface area (Å²) in [6.07, 6.45) is 4.51. The lowest BCUT2D eigenvalue weighted by molar-refractivity contribution is -0.394. The molecule has 1 aromatic rings. The number of rotatable bonds is 4. The maximum absolute atomic E-state index is 11.1. The minimum atomic E-state index is -0.642. The molecule has 0 spiro atoms. The number of hydrogen-bond donors (Lipinski definition) is 1. The molecule has 1 aliphatic rings. The average molecular weight is 294 g/mol. The van der Waals surface area contributed by atoms with Gasteiger partial charge in [0, 0.05) is 11.6 Å². The fourth-order valence-electron chi connectivity index (χ4n) is 2.89. The van der Waals surface area contributed by atoms with Gasteiger partial charge in [-0.3, -0.25) is 20.2 Å². The van der Waals surface area contributed by atoms with E-state index in [4.69, 9.17) is 0 Å². The molecule has 0 amide bonds. The highest BCUT2D eigenvalue weighted by Gasteiger charge is 2.26. The van der Waals surface area contributed by atoms with Crippen LogP contribution in [0.3, 0.4) is 0 Å². The smallest absolute Gasteiger partial charge is 0.279 e. The Morgan fingerprint density at radius 3 is 2.48 bits per heavy atom. The number of non-ortho nitro benzene ring substituents is 1. The van der Waals surface area contributed by atoms with Crippen LogP contribution in [-0.2, 0) is 6.42 Å². The number of nitro benzene ring substituents is 2. The summed E-state index contributed by atoms with van der Waals surface area (Å²) in [5.74, 6) is -0.0207. The lowest BCUT2D eigenvalue weighted by Gasteiger charge is -2.20. The molecule has 0 saturated heterocycles. The molecule has 1 aromatic carbocycles. The minimum absolute atomic E-state index is 0.0207. The number of aliphatic hydroxyl groups excluding tert-OH is 1. The maximum atomic E-state index is 11.1. The largest absolute Gasteiger partial charge is 0.393 e. The molecule has 2 unspecified atom stereocenters. The van der Waals surface area contributed by atoms with Gasteiger partial charge in [-0.15, -0.1) is 0 Å². The summed E-state index contributed by atoms with van der Waals surface area (Å²) in [5, 5.41) is 31.9. The molecule has 7 heteroatoms. The summed E-state index contributed by atoms with van der Waals surface area (Å²) >= 11 is 0. The number of hydrogen-bond acceptors (Lipinski definition) is 5. The third kappa shape index (κ3) is 3.75. The number of aliphatic hydroxyl groups is 1. The molecule has 0 heterocycles. The summed E-state index contributed by atoms with van der Waals surface area (Å²) < 4.78 is 0. The first-order valence-corrected chi connectivity index (χ1v) is 7.09. The summed E-state index contributed by atoms with van der Waals surface area (Å²) in [7, 11) is 0. The highest BCUT2D eigenvalue weighted by atomic mass is 16.6. The second-order valence-electron chi connectivity index (χ2n) is 5.50. The third-order valence-electron chi connectivity index (χ3n) is 4.08. The Hall–Kier alpha value is -2.02. The standard InChI is InChI=1S/C14H18N2O5/c17-14-5-3-1-2-4-11(14)8-10-6-7-12(15(18)19)9-13(10)16(20)21/h6-7,9,11,14,17H,1-5,8H2. The highest BCUT2D eigenvalue weighted by Crippen LogP contribution is 2.31. The molecule has 1 saturated carbocycles. The van der Waals surface area contributed by atoms with Crippen LogP contribution >= 0.6 is 0 Å². The predicted octanol–water partition coefficient (Wildman–Crippen LogP) is 2.99. The summed E-state index contributed by atoms with van der Waals surface area (Å²) in [5.41, 5.74) is -0.0657. The highest BCUT2D eigenvalue weighted by molar-refractivity contribution is 5.49. The molecule has 0 aromatic heterocycles. The van der Waals surface area contributed by atoms with E-state index in [2.05, 4.69) is 0 Å². The van der Waals surface area contributed by atoms with Gasteiger partial charge in [0.25, 0.3) is 11.4 Å². The van der Waals surface area contributed by atoms with Crippen molar-refractivity contribution in [1.82, 2.24) is 0 Å². The van der Waals surface area contributed by atoms with Crippen molar-refractivity contribution in [3.05, 3.63) is 44.0 Å². The van der Waals surface area contributed by atoms with E-state index >= 15 is 0 Å². The Bertz CT molecular complexity index is 546. The van der Waals surface area contributed by atoms with Crippen LogP contribution < -0.4 is 0 Å². The van der Waals surface area contributed by atoms with Crippen LogP contribution in [-0.4, -0.2) is 21.1 Å². The third-order valence-corrected chi connectivity index (χ3v) is 4.08. The topological polar surface area (TPSA) is 107 Å². The first-order valence-electron chi connectivity index (χ1n) is 7.09. The minimum Gasteiger partial charge on any atom is -0.393 e. The number of benzene rings is 1. The van der Waals surface area contributed by atoms with Crippen LogP contribution in [0.15, 0.2) is 18.2 Å². The van der Waals surface area contributed by atoms with Crippen molar-refractivity contribution in [1.29, 1.82) is 0 Å². The van der Waals surface area contributed by atoms with Crippen LogP contribution in [0.2, 0.25) is 0 Å². The van der Waals surface area contributed by atoms with Gasteiger partial charge >= 0.3 is 0 Å². The Balaban J connectivity index is 2.26. The van der Waals surface area contributed by atoms with E-state index in [-0.39, 0.29) is 17.3 Å². The summed E-state index contributed by atoms with van der Waals surface area (Å²) in [4.78, 5) is 20.6. The zero-order chi connectivity index (χ0) is 15.4. The number of nitro groups is 2. The van der Waals surface area contributed by atoms with Crippen molar-refractivity contribution in [2.45, 2.75) is 44.6 Å². The van der Waals surface area contributed by atoms with Gasteiger partial charge in [0.05, 0.1) is 22.0 Å². The van der Waals surface area contributed by atoms with Crippen LogP contribution in [0, 0.1) is 26.1 Å². The Morgan fingerprint density at radius 1 is 1.10 bits per heavy atom. The van der Waals surface area contributed by atoms with Crippen LogP contribution in [0.25, 0.3) is 0 Å². The number of nitrogens with zero attached hydrogens (tertiary/aromatic N) is 2. The molecule has 1 fully saturated rings. The fraction of sp³-hybridized carbons (Fsp3) is 0.571. The van der Waals surface area contributed by atoms with Gasteiger partial charge in [-0.05, 0) is 31.2 Å². The molecule has 2 atom stereocenters. The average Bonchev–Trinajstić information content (AvgIpc) is 2.64. The first-order chi connectivity index (χ1) is 9.99. The quantitative estimate of drug-likeness (QED) is 0.522. The molecule has 21 heavy (non-hydrogen) atoms. The van der Waals surface area contributed by atoms with Crippen molar-refractivity contribution in [3.8, 4) is 0 Å². The second kappa shape index (κ2) is 6.62. The summed E-state index contributed by atoms with van der Waals surface area (Å²) in [6.45, 7) is 0. The first kappa shape index (κ1) is 15.4. The zero-order valence-corrected chi connectivity index (χ0v) is 11.6. The maximum Gasteiger partial charge on any atom is 0.279 e. The fourth-order valence-corrected chi connectivity index (χ4v) is 2.89. The molecule has 1 N–H and O–H groups in total. The van der Waals surface area contributed by atoms with E-state index in [0.717, 1.165) is 31.7 Å². The molecule has 0 radical (unpaired) electrons. The van der Waals surface area contributed by atoms with Gasteiger partial charge in [0.2, 0.25) is 0 Å². The monoisotopic (exact) mass is 294 g/mol. The van der Waals surface area contributed by atoms with Gasteiger partial charge in [-0.25, -0.2) is 0 Å². The molecule has 114 valence electrons. The normalized spacial score (nSPS) is 22.5. The van der Waals surface area contributed by atoms with Gasteiger partial charge in [-0.1, -0.05) is 19.3 Å². The molecular weight excluding hydrogens is 276 g/mol. The molecule has 7 nitrogen and oxygen atoms in total. The zero-order valence-electron chi connectivity index (χ0n) is 11.6. The van der Waals surface area contributed by atoms with E-state index in [9.17, 15) is 25.3 Å². The van der Waals surface area contributed by atoms with Crippen molar-refractivity contribution in [2.24, 2.45) is 5.92 Å². The van der Waals surface area contributed by atoms with Crippen LogP contribution in [0.5, 0.6) is 0 Å². The van der Waals surface area contributed by atoms with E-state index in [1.807, 2.05) is 0 Å². The molecule has 0 aliphatic heterocycles. The van der Waals surface area contributed by atoms with Gasteiger partial charge < -0.3 is 5.11 Å². The van der Waals surface area contributed by atoms with E-state index in [1.165, 1.54) is 12.1 Å². The lowest BCUT2D eigenvalue weighted by Crippen LogP contribution is -2.21. The Kier molecular flexibility index (Phi) is 4.85. The van der Waals surface area contributed by atoms with Crippen LogP contribution in [0.1, 0.15) is 37.7 Å². The molecule has 2 rings (SSSR count). The van der Waals surface area contributed by atoms with Gasteiger partial charge in [0.15, 0.2) is 0 Å². The van der Waals surface area contributed by atoms with Crippen molar-refractivity contribution < 1.29 is 15.0 Å². The van der Waals surface area contributed by atoms with Crippen LogP contribution in [0.4, 0.5) is 11.4 Å². The van der Waals surface area contributed by atoms with Crippen molar-refractivity contribution in [3.63, 3.8) is 0 Å². The van der Waals surface area contributed by atoms with Crippen molar-refractivity contribution >= 4 is 11.4 Å². The molecule has 1 aliphatic carbocycles. The SMILES string of the molecule is O=[N+]([O-])c1ccc(CC2CCCCCC2O)c([N+](=O)[O-])c1. The van der Waals surface area contributed by atoms with Gasteiger partial charge in [0.1, 0.15) is 0 Å². The molecule has 0 bridgehead atoms. The van der Waals surface area contributed by atoms with Crippen molar-refractivity contribution in [2.75, 3.05) is 0 Å². The lowest BCUT2D eigenvalue weighted by atomic mass is 9.89. The summed E-state index contributed by atoms with van der Waals surface area (Å²) in [6, 6.07) is 3.72. The molecular formula is C14H18N2O5. The Morgan fingerprint density at radius 2 is 1.81 bits per heavy atom. The Labute approximate surface area is 121 Å². The predicted molar refractivity (Wildman–Crippen MR) is 76.0 cm³/mol. The van der Waals surface area contributed by atoms with E-state index in [0.29, 0.717) is 18.4 Å². The second-order valence-corrected chi connectivity index (χ2v) is 5.50. The van der Waals surface area contributed by atoms with E-state index in [1.54, 1.807) is 0 Å².